The summed E-state index contributed by atoms with van der Waals surface area (Å²) in [6, 6.07) is -10.1. The minimum absolute atomic E-state index is 0.00515. The molecular weight excluding hydrogens is 1070 g/mol. The molecule has 6 N–H and O–H groups in total. The Labute approximate surface area is 495 Å². The molecule has 1 heterocycles. The minimum Gasteiger partial charge on any atom is -0.391 e. The van der Waals surface area contributed by atoms with Gasteiger partial charge in [0.25, 0.3) is 0 Å². The molecule has 23 nitrogen and oxygen atoms in total. The van der Waals surface area contributed by atoms with E-state index >= 15 is 4.79 Å². The van der Waals surface area contributed by atoms with Crippen LogP contribution in [0.2, 0.25) is 0 Å². The zero-order valence-corrected chi connectivity index (χ0v) is 54.1. The molecule has 0 saturated carbocycles. The number of aliphatic hydroxyl groups is 1. The predicted octanol–water partition coefficient (Wildman–Crippen LogP) is 3.67. The van der Waals surface area contributed by atoms with Gasteiger partial charge in [-0.1, -0.05) is 108 Å². The molecule has 0 radical (unpaired) electrons. The molecule has 0 aromatic heterocycles. The zero-order chi connectivity index (χ0) is 64.2. The van der Waals surface area contributed by atoms with Crippen molar-refractivity contribution in [3.05, 3.63) is 12.2 Å². The topological polar surface area (TPSA) is 288 Å². The lowest BCUT2D eigenvalue weighted by Gasteiger charge is -2.44. The van der Waals surface area contributed by atoms with Gasteiger partial charge in [0, 0.05) is 42.3 Å². The third-order valence-corrected chi connectivity index (χ3v) is 15.5. The molecule has 1 fully saturated rings. The van der Waals surface area contributed by atoms with E-state index in [1.54, 1.807) is 13.8 Å². The summed E-state index contributed by atoms with van der Waals surface area (Å²) < 4.78 is 0. The zero-order valence-electron chi connectivity index (χ0n) is 54.1. The van der Waals surface area contributed by atoms with Crippen LogP contribution in [0.4, 0.5) is 4.79 Å². The fourth-order valence-electron chi connectivity index (χ4n) is 10.6. The van der Waals surface area contributed by atoms with Crippen LogP contribution in [0.15, 0.2) is 12.2 Å². The number of hydrogen-bond donors (Lipinski definition) is 6. The largest absolute Gasteiger partial charge is 0.391 e. The van der Waals surface area contributed by atoms with E-state index in [2.05, 4.69) is 26.6 Å². The summed E-state index contributed by atoms with van der Waals surface area (Å²) in [5.41, 5.74) is -3.97. The molecule has 0 bridgehead atoms. The molecular formula is C60H107N11O12. The Balaban J connectivity index is 4.46. The van der Waals surface area contributed by atoms with Crippen LogP contribution in [-0.2, 0) is 47.9 Å². The Morgan fingerprint density at radius 2 is 1.13 bits per heavy atom. The maximum absolute atomic E-state index is 15.0. The van der Waals surface area contributed by atoms with Crippen LogP contribution >= 0.6 is 0 Å². The predicted molar refractivity (Wildman–Crippen MR) is 319 cm³/mol. The Hall–Kier alpha value is -5.97. The Kier molecular flexibility index (Phi) is 30.8. The van der Waals surface area contributed by atoms with Crippen molar-refractivity contribution in [2.45, 2.75) is 221 Å². The number of urea groups is 1. The van der Waals surface area contributed by atoms with Gasteiger partial charge in [0.05, 0.1) is 18.7 Å². The molecule has 1 aliphatic rings. The Morgan fingerprint density at radius 3 is 1.60 bits per heavy atom. The number of aliphatic hydroxyl groups excluding tert-OH is 1. The number of hydrogen-bond acceptors (Lipinski definition) is 13. The third kappa shape index (κ3) is 21.6. The SMILES string of the molecule is CC=CCC(CC)CC1C(=O)NC(CCC)C(=O)N(C)CC(=O)N(C)C(C=O)(CC(C)C)NC(C(C)C)C(=O)N(C)C(CC(C)C)C(=O)NC(C)(C=O)NC(=O)NC(CC(C)C)C(=O)N(C)C(CC(C)C)C(=O)N(C)C(C(C)O)C(=O)N1C. The van der Waals surface area contributed by atoms with Crippen LogP contribution in [0, 0.1) is 35.5 Å². The van der Waals surface area contributed by atoms with Crippen LogP contribution in [0.5, 0.6) is 0 Å². The fourth-order valence-corrected chi connectivity index (χ4v) is 10.6. The molecule has 11 atom stereocenters. The van der Waals surface area contributed by atoms with Gasteiger partial charge in [0.1, 0.15) is 36.3 Å². The quantitative estimate of drug-likeness (QED) is 0.0797. The molecule has 83 heavy (non-hydrogen) atoms. The van der Waals surface area contributed by atoms with E-state index in [-0.39, 0.29) is 68.1 Å². The number of likely N-dealkylation sites (N-methyl/N-ethyl adjacent to an activating group) is 6. The smallest absolute Gasteiger partial charge is 0.317 e. The van der Waals surface area contributed by atoms with Gasteiger partial charge in [-0.15, -0.1) is 0 Å². The summed E-state index contributed by atoms with van der Waals surface area (Å²) in [4.78, 5) is 166. The molecule has 0 spiro atoms. The van der Waals surface area contributed by atoms with Crippen LogP contribution in [-0.4, -0.2) is 209 Å². The molecule has 11 unspecified atom stereocenters. The highest BCUT2D eigenvalue weighted by Crippen LogP contribution is 2.26. The normalized spacial score (nSPS) is 27.5. The number of amides is 10. The first kappa shape index (κ1) is 75.0. The minimum atomic E-state index is -2.12. The first-order valence-electron chi connectivity index (χ1n) is 29.7. The van der Waals surface area contributed by atoms with Gasteiger partial charge in [0.15, 0.2) is 23.9 Å². The lowest BCUT2D eigenvalue weighted by atomic mass is 9.91. The number of nitrogens with one attached hydrogen (secondary N) is 5. The van der Waals surface area contributed by atoms with Crippen molar-refractivity contribution in [3.8, 4) is 0 Å². The molecule has 0 aliphatic carbocycles. The van der Waals surface area contributed by atoms with E-state index in [1.165, 1.54) is 70.8 Å². The number of allylic oxidation sites excluding steroid dienone is 2. The Bertz CT molecular complexity index is 2240. The van der Waals surface area contributed by atoms with Crippen molar-refractivity contribution in [1.29, 1.82) is 0 Å². The average Bonchev–Trinajstić information content (AvgIpc) is 3.61. The molecule has 0 aromatic carbocycles. The van der Waals surface area contributed by atoms with Crippen molar-refractivity contribution in [2.75, 3.05) is 48.8 Å². The summed E-state index contributed by atoms with van der Waals surface area (Å²) in [5.74, 6) is -7.33. The standard InChI is InChI=1S/C60H107N11O12/c1-22-25-27-42(24-3)31-46-51(76)61-43(26-23-2)53(78)66(16)33-48(75)71(21)60(35-73,32-39(10)11)63-49(40(12)13)56(81)67(17)45(29-37(6)7)52(77)64-59(15,34-72)65-58(83)62-44(28-36(4)5)54(79)69(19)47(30-38(8)9)55(80)70(20)50(41(14)74)57(82)68(46)18/h22,25,34-47,49-50,63,74H,23-24,26-33H2,1-21H3,(H,61,76)(H,64,77)(H2,62,65,83). The fraction of sp³-hybridized carbons (Fsp3) is 0.783. The second kappa shape index (κ2) is 34.1. The first-order valence-corrected chi connectivity index (χ1v) is 29.7. The van der Waals surface area contributed by atoms with Crippen molar-refractivity contribution < 1.29 is 57.8 Å². The highest BCUT2D eigenvalue weighted by molar-refractivity contribution is 5.98. The summed E-state index contributed by atoms with van der Waals surface area (Å²) in [6.45, 7) is 25.7. The van der Waals surface area contributed by atoms with Crippen LogP contribution in [0.3, 0.4) is 0 Å². The van der Waals surface area contributed by atoms with Gasteiger partial charge < -0.3 is 55.8 Å². The lowest BCUT2D eigenvalue weighted by molar-refractivity contribution is -0.156. The average molecular weight is 1170 g/mol. The second-order valence-corrected chi connectivity index (χ2v) is 25.2. The molecule has 1 rings (SSSR count). The number of carbonyl (C=O) groups excluding carboxylic acids is 11. The number of aldehydes is 2. The molecule has 1 saturated heterocycles. The molecule has 10 amide bonds. The number of rotatable bonds is 19. The summed E-state index contributed by atoms with van der Waals surface area (Å²) in [6.07, 6.45) is 5.12. The van der Waals surface area contributed by atoms with E-state index in [0.29, 0.717) is 31.8 Å². The monoisotopic (exact) mass is 1170 g/mol. The maximum atomic E-state index is 15.0. The van der Waals surface area contributed by atoms with Crippen LogP contribution < -0.4 is 26.6 Å². The lowest BCUT2D eigenvalue weighted by Crippen LogP contribution is -2.69. The van der Waals surface area contributed by atoms with Gasteiger partial charge in [0.2, 0.25) is 47.3 Å². The highest BCUT2D eigenvalue weighted by atomic mass is 16.3. The number of nitrogens with zero attached hydrogens (tertiary/aromatic N) is 6. The highest BCUT2D eigenvalue weighted by Gasteiger charge is 2.47. The summed E-state index contributed by atoms with van der Waals surface area (Å²) >= 11 is 0. The van der Waals surface area contributed by atoms with Gasteiger partial charge >= 0.3 is 6.03 Å². The van der Waals surface area contributed by atoms with Gasteiger partial charge in [-0.3, -0.25) is 53.3 Å². The van der Waals surface area contributed by atoms with E-state index < -0.39 is 125 Å². The van der Waals surface area contributed by atoms with Crippen LogP contribution in [0.25, 0.3) is 0 Å². The van der Waals surface area contributed by atoms with Crippen molar-refractivity contribution in [1.82, 2.24) is 56.0 Å². The van der Waals surface area contributed by atoms with Gasteiger partial charge in [-0.2, -0.15) is 0 Å². The Morgan fingerprint density at radius 1 is 0.602 bits per heavy atom. The van der Waals surface area contributed by atoms with E-state index in [1.807, 2.05) is 88.3 Å². The molecule has 1 aliphatic heterocycles. The van der Waals surface area contributed by atoms with Gasteiger partial charge in [-0.05, 0) is 101 Å². The summed E-state index contributed by atoms with van der Waals surface area (Å²) in [5, 5.41) is 25.2. The maximum Gasteiger partial charge on any atom is 0.317 e. The van der Waals surface area contributed by atoms with E-state index in [0.717, 1.165) is 14.7 Å². The second-order valence-electron chi connectivity index (χ2n) is 25.2. The van der Waals surface area contributed by atoms with Gasteiger partial charge in [-0.25, -0.2) is 4.79 Å². The van der Waals surface area contributed by atoms with Crippen molar-refractivity contribution in [3.63, 3.8) is 0 Å². The van der Waals surface area contributed by atoms with Crippen LogP contribution in [0.1, 0.15) is 162 Å². The molecule has 0 aromatic rings. The molecule has 23 heteroatoms. The number of carbonyl (C=O) groups is 11. The van der Waals surface area contributed by atoms with E-state index in [4.69, 9.17) is 0 Å². The molecule has 474 valence electrons. The summed E-state index contributed by atoms with van der Waals surface area (Å²) in [7, 11) is 8.28. The van der Waals surface area contributed by atoms with E-state index in [9.17, 15) is 53.1 Å². The first-order chi connectivity index (χ1) is 38.4. The third-order valence-electron chi connectivity index (χ3n) is 15.5. The van der Waals surface area contributed by atoms with Crippen molar-refractivity contribution in [2.24, 2.45) is 35.5 Å². The van der Waals surface area contributed by atoms with Crippen molar-refractivity contribution >= 4 is 65.9 Å².